The number of nitrogens with two attached hydrogens (primary N) is 1. The first-order valence-electron chi connectivity index (χ1n) is 5.65. The van der Waals surface area contributed by atoms with E-state index in [1.165, 1.54) is 0 Å². The molecule has 0 radical (unpaired) electrons. The molecule has 18 heavy (non-hydrogen) atoms. The molecular formula is C12H19BrN2O2S. The molecule has 6 heteroatoms. The lowest BCUT2D eigenvalue weighted by atomic mass is 9.94. The van der Waals surface area contributed by atoms with Gasteiger partial charge in [-0.05, 0) is 46.0 Å². The highest BCUT2D eigenvalue weighted by molar-refractivity contribution is 9.10. The van der Waals surface area contributed by atoms with Gasteiger partial charge in [-0.3, -0.25) is 4.72 Å². The van der Waals surface area contributed by atoms with Crippen LogP contribution in [0.2, 0.25) is 0 Å². The molecule has 0 aliphatic heterocycles. The molecule has 0 saturated heterocycles. The molecule has 3 N–H and O–H groups in total. The number of hydrogen-bond donors (Lipinski definition) is 2. The smallest absolute Gasteiger partial charge is 0.232 e. The van der Waals surface area contributed by atoms with Gasteiger partial charge in [-0.25, -0.2) is 8.42 Å². The summed E-state index contributed by atoms with van der Waals surface area (Å²) < 4.78 is 27.0. The number of sulfonamides is 1. The van der Waals surface area contributed by atoms with Gasteiger partial charge < -0.3 is 5.73 Å². The maximum absolute atomic E-state index is 11.9. The van der Waals surface area contributed by atoms with Crippen molar-refractivity contribution < 1.29 is 8.42 Å². The molecular weight excluding hydrogens is 316 g/mol. The van der Waals surface area contributed by atoms with Crippen molar-refractivity contribution in [2.45, 2.75) is 27.2 Å². The van der Waals surface area contributed by atoms with Gasteiger partial charge in [0, 0.05) is 15.8 Å². The molecule has 0 unspecified atom stereocenters. The minimum atomic E-state index is -3.31. The lowest BCUT2D eigenvalue weighted by Gasteiger charge is -2.18. The Kier molecular flexibility index (Phi) is 4.66. The predicted octanol–water partition coefficient (Wildman–Crippen LogP) is 3.21. The number of rotatable bonds is 4. The fourth-order valence-corrected chi connectivity index (χ4v) is 3.11. The Bertz CT molecular complexity index is 521. The molecule has 1 aromatic carbocycles. The molecule has 102 valence electrons. The highest BCUT2D eigenvalue weighted by Crippen LogP contribution is 2.25. The summed E-state index contributed by atoms with van der Waals surface area (Å²) in [5, 5.41) is 0. The number of hydrogen-bond acceptors (Lipinski definition) is 3. The van der Waals surface area contributed by atoms with E-state index in [-0.39, 0.29) is 11.2 Å². The molecule has 0 aliphatic carbocycles. The molecule has 0 saturated carbocycles. The number of nitrogens with one attached hydrogen (secondary N) is 1. The SMILES string of the molecule is CC(C)(C)CCS(=O)(=O)Nc1ccc(N)c(Br)c1. The summed E-state index contributed by atoms with van der Waals surface area (Å²) >= 11 is 3.26. The fraction of sp³-hybridized carbons (Fsp3) is 0.500. The number of halogens is 1. The zero-order valence-corrected chi connectivity index (χ0v) is 13.2. The Balaban J connectivity index is 2.74. The van der Waals surface area contributed by atoms with Crippen LogP contribution in [-0.4, -0.2) is 14.2 Å². The van der Waals surface area contributed by atoms with Gasteiger partial charge in [0.25, 0.3) is 0 Å². The summed E-state index contributed by atoms with van der Waals surface area (Å²) in [7, 11) is -3.31. The number of benzene rings is 1. The normalized spacial score (nSPS) is 12.4. The van der Waals surface area contributed by atoms with Crippen molar-refractivity contribution in [2.24, 2.45) is 5.41 Å². The Hall–Kier alpha value is -0.750. The largest absolute Gasteiger partial charge is 0.398 e. The lowest BCUT2D eigenvalue weighted by molar-refractivity contribution is 0.397. The molecule has 4 nitrogen and oxygen atoms in total. The topological polar surface area (TPSA) is 72.2 Å². The monoisotopic (exact) mass is 334 g/mol. The average Bonchev–Trinajstić information content (AvgIpc) is 2.20. The second-order valence-electron chi connectivity index (χ2n) is 5.47. The van der Waals surface area contributed by atoms with Crippen LogP contribution in [0.1, 0.15) is 27.2 Å². The second-order valence-corrected chi connectivity index (χ2v) is 8.16. The van der Waals surface area contributed by atoms with Gasteiger partial charge in [-0.1, -0.05) is 20.8 Å². The Morgan fingerprint density at radius 1 is 1.33 bits per heavy atom. The molecule has 0 bridgehead atoms. The van der Waals surface area contributed by atoms with E-state index in [1.54, 1.807) is 18.2 Å². The van der Waals surface area contributed by atoms with Gasteiger partial charge in [0.2, 0.25) is 10.0 Å². The summed E-state index contributed by atoms with van der Waals surface area (Å²) in [4.78, 5) is 0. The minimum Gasteiger partial charge on any atom is -0.398 e. The van der Waals surface area contributed by atoms with Gasteiger partial charge in [0.1, 0.15) is 0 Å². The van der Waals surface area contributed by atoms with Gasteiger partial charge in [-0.2, -0.15) is 0 Å². The van der Waals surface area contributed by atoms with Crippen LogP contribution in [0.15, 0.2) is 22.7 Å². The van der Waals surface area contributed by atoms with Crippen molar-refractivity contribution in [3.63, 3.8) is 0 Å². The number of anilines is 2. The maximum Gasteiger partial charge on any atom is 0.232 e. The van der Waals surface area contributed by atoms with Crippen molar-refractivity contribution in [1.29, 1.82) is 0 Å². The van der Waals surface area contributed by atoms with Crippen molar-refractivity contribution in [1.82, 2.24) is 0 Å². The fourth-order valence-electron chi connectivity index (χ4n) is 1.26. The van der Waals surface area contributed by atoms with Gasteiger partial charge in [0.15, 0.2) is 0 Å². The second kappa shape index (κ2) is 5.48. The summed E-state index contributed by atoms with van der Waals surface area (Å²) in [5.74, 6) is 0.110. The molecule has 0 heterocycles. The molecule has 0 fully saturated rings. The summed E-state index contributed by atoms with van der Waals surface area (Å²) in [6.45, 7) is 6.05. The molecule has 0 amide bonds. The highest BCUT2D eigenvalue weighted by atomic mass is 79.9. The maximum atomic E-state index is 11.9. The van der Waals surface area contributed by atoms with E-state index in [1.807, 2.05) is 20.8 Å². The standard InChI is InChI=1S/C12H19BrN2O2S/c1-12(2,3)6-7-18(16,17)15-9-4-5-11(14)10(13)8-9/h4-5,8,15H,6-7,14H2,1-3H3. The zero-order chi connectivity index (χ0) is 14.0. The Labute approximate surface area is 117 Å². The third-order valence-electron chi connectivity index (χ3n) is 2.39. The van der Waals surface area contributed by atoms with E-state index in [0.717, 1.165) is 0 Å². The molecule has 1 rings (SSSR count). The van der Waals surface area contributed by atoms with E-state index in [2.05, 4.69) is 20.7 Å². The lowest BCUT2D eigenvalue weighted by Crippen LogP contribution is -2.20. The molecule has 0 atom stereocenters. The van der Waals surface area contributed by atoms with Gasteiger partial charge in [0.05, 0.1) is 5.75 Å². The van der Waals surface area contributed by atoms with E-state index in [0.29, 0.717) is 22.3 Å². The van der Waals surface area contributed by atoms with Crippen LogP contribution in [0.5, 0.6) is 0 Å². The zero-order valence-electron chi connectivity index (χ0n) is 10.8. The summed E-state index contributed by atoms with van der Waals surface area (Å²) in [6.07, 6.45) is 0.610. The quantitative estimate of drug-likeness (QED) is 0.830. The van der Waals surface area contributed by atoms with Crippen LogP contribution < -0.4 is 10.5 Å². The first-order chi connectivity index (χ1) is 8.09. The van der Waals surface area contributed by atoms with Crippen LogP contribution in [0.4, 0.5) is 11.4 Å². The van der Waals surface area contributed by atoms with Crippen LogP contribution >= 0.6 is 15.9 Å². The van der Waals surface area contributed by atoms with Gasteiger partial charge in [-0.15, -0.1) is 0 Å². The van der Waals surface area contributed by atoms with E-state index in [4.69, 9.17) is 5.73 Å². The van der Waals surface area contributed by atoms with E-state index < -0.39 is 10.0 Å². The van der Waals surface area contributed by atoms with E-state index in [9.17, 15) is 8.42 Å². The van der Waals surface area contributed by atoms with Crippen molar-refractivity contribution in [3.05, 3.63) is 22.7 Å². The average molecular weight is 335 g/mol. The minimum absolute atomic E-state index is 0.00352. The van der Waals surface area contributed by atoms with Crippen LogP contribution in [0, 0.1) is 5.41 Å². The number of nitrogen functional groups attached to an aromatic ring is 1. The van der Waals surface area contributed by atoms with Gasteiger partial charge >= 0.3 is 0 Å². The van der Waals surface area contributed by atoms with E-state index >= 15 is 0 Å². The first-order valence-corrected chi connectivity index (χ1v) is 8.09. The highest BCUT2D eigenvalue weighted by Gasteiger charge is 2.17. The first kappa shape index (κ1) is 15.3. The molecule has 0 spiro atoms. The Morgan fingerprint density at radius 2 is 1.94 bits per heavy atom. The van der Waals surface area contributed by atoms with Crippen molar-refractivity contribution in [2.75, 3.05) is 16.2 Å². The van der Waals surface area contributed by atoms with Crippen molar-refractivity contribution in [3.8, 4) is 0 Å². The third kappa shape index (κ3) is 5.27. The summed E-state index contributed by atoms with van der Waals surface area (Å²) in [5.41, 5.74) is 6.74. The molecule has 0 aromatic heterocycles. The van der Waals surface area contributed by atoms with Crippen LogP contribution in [0.3, 0.4) is 0 Å². The van der Waals surface area contributed by atoms with Crippen molar-refractivity contribution >= 4 is 37.3 Å². The molecule has 1 aromatic rings. The van der Waals surface area contributed by atoms with Crippen LogP contribution in [0.25, 0.3) is 0 Å². The third-order valence-corrected chi connectivity index (χ3v) is 4.37. The summed E-state index contributed by atoms with van der Waals surface area (Å²) in [6, 6.07) is 4.96. The molecule has 0 aliphatic rings. The predicted molar refractivity (Wildman–Crippen MR) is 80.0 cm³/mol. The Morgan fingerprint density at radius 3 is 2.44 bits per heavy atom. The van der Waals surface area contributed by atoms with Crippen LogP contribution in [-0.2, 0) is 10.0 Å².